The van der Waals surface area contributed by atoms with Gasteiger partial charge in [-0.25, -0.2) is 5.57 Å². The molecule has 0 amide bonds. The van der Waals surface area contributed by atoms with Crippen LogP contribution in [0.5, 0.6) is 0 Å². The summed E-state index contributed by atoms with van der Waals surface area (Å²) in [4.78, 5) is 0. The Kier molecular flexibility index (Phi) is 10.0. The third-order valence-corrected chi connectivity index (χ3v) is 6.63. The molecule has 0 aromatic heterocycles. The predicted molar refractivity (Wildman–Crippen MR) is 121 cm³/mol. The normalized spacial score (nSPS) is 21.0. The number of hydrogen-bond donors (Lipinski definition) is 0. The molecule has 0 aliphatic heterocycles. The van der Waals surface area contributed by atoms with Crippen LogP contribution in [0.4, 0.5) is 0 Å². The molecule has 2 atom stereocenters. The van der Waals surface area contributed by atoms with Crippen LogP contribution < -0.4 is 24.8 Å². The van der Waals surface area contributed by atoms with Gasteiger partial charge in [0, 0.05) is 11.8 Å². The predicted octanol–water partition coefficient (Wildman–Crippen LogP) is 1.73. The molecule has 5 rings (SSSR count). The fourth-order valence-electron chi connectivity index (χ4n) is 4.59. The van der Waals surface area contributed by atoms with Gasteiger partial charge in [0.25, 0.3) is 0 Å². The summed E-state index contributed by atoms with van der Waals surface area (Å²) in [5.41, 5.74) is 10.1. The van der Waals surface area contributed by atoms with E-state index in [1.54, 1.807) is 0 Å². The second kappa shape index (κ2) is 11.1. The van der Waals surface area contributed by atoms with Crippen molar-refractivity contribution in [1.29, 1.82) is 0 Å². The summed E-state index contributed by atoms with van der Waals surface area (Å²) in [5, 5.41) is 0. The van der Waals surface area contributed by atoms with Gasteiger partial charge in [0.15, 0.2) is 0 Å². The molecule has 2 aromatic carbocycles. The molecule has 0 bridgehead atoms. The zero-order valence-electron chi connectivity index (χ0n) is 18.8. The summed E-state index contributed by atoms with van der Waals surface area (Å²) in [6.07, 6.45) is 12.7. The maximum atomic E-state index is 3.44. The van der Waals surface area contributed by atoms with Gasteiger partial charge in [-0.1, -0.05) is 106 Å². The molecule has 0 fully saturated rings. The second-order valence-electron chi connectivity index (χ2n) is 8.65. The average Bonchev–Trinajstić information content (AvgIpc) is 3.34. The van der Waals surface area contributed by atoms with Crippen molar-refractivity contribution in [3.63, 3.8) is 0 Å². The average molecular weight is 528 g/mol. The number of rotatable bonds is 1. The third kappa shape index (κ3) is 5.44. The minimum absolute atomic E-state index is 0. The van der Waals surface area contributed by atoms with Crippen molar-refractivity contribution in [3.05, 3.63) is 106 Å². The van der Waals surface area contributed by atoms with Crippen LogP contribution in [0.1, 0.15) is 68.7 Å². The van der Waals surface area contributed by atoms with Gasteiger partial charge < -0.3 is 24.8 Å². The third-order valence-electron chi connectivity index (χ3n) is 6.63. The Labute approximate surface area is 219 Å². The number of fused-ring (bicyclic) bond motifs is 2. The van der Waals surface area contributed by atoms with E-state index in [4.69, 9.17) is 0 Å². The molecule has 31 heavy (non-hydrogen) atoms. The minimum atomic E-state index is 0. The fourth-order valence-corrected chi connectivity index (χ4v) is 4.59. The molecule has 3 aliphatic carbocycles. The van der Waals surface area contributed by atoms with E-state index in [1.807, 2.05) is 0 Å². The largest absolute Gasteiger partial charge is 3.00 e. The van der Waals surface area contributed by atoms with Gasteiger partial charge in [-0.05, 0) is 22.3 Å². The maximum absolute atomic E-state index is 3.44. The van der Waals surface area contributed by atoms with Crippen LogP contribution >= 0.6 is 0 Å². The molecule has 1 radical (unpaired) electrons. The van der Waals surface area contributed by atoms with Crippen LogP contribution in [0.2, 0.25) is 0 Å². The van der Waals surface area contributed by atoms with Crippen LogP contribution in [0.15, 0.2) is 77.4 Å². The van der Waals surface area contributed by atoms with Crippen molar-refractivity contribution in [2.75, 3.05) is 0 Å². The molecule has 2 aromatic rings. The number of halogens is 2. The van der Waals surface area contributed by atoms with E-state index in [9.17, 15) is 0 Å². The maximum Gasteiger partial charge on any atom is 3.00 e. The molecule has 0 saturated carbocycles. The molecule has 0 nitrogen and oxygen atoms in total. The SMILES string of the molecule is C1=CC(C2C=Cc3ccccc32)c2ccccc21.CC1=[C-]C(C)(C)C(C)=C1C.[Cl-].[Cl-].[Zr+3]. The van der Waals surface area contributed by atoms with Crippen LogP contribution in [-0.4, -0.2) is 0 Å². The van der Waals surface area contributed by atoms with E-state index in [0.717, 1.165) is 0 Å². The molecular formula is C28H29Cl2Zr. The van der Waals surface area contributed by atoms with Gasteiger partial charge in [-0.2, -0.15) is 11.1 Å². The van der Waals surface area contributed by atoms with E-state index >= 15 is 0 Å². The van der Waals surface area contributed by atoms with Crippen molar-refractivity contribution in [2.24, 2.45) is 5.41 Å². The molecule has 2 unspecified atom stereocenters. The first-order valence-electron chi connectivity index (χ1n) is 10.2. The molecule has 159 valence electrons. The molecule has 3 aliphatic rings. The zero-order chi connectivity index (χ0) is 19.9. The first-order valence-corrected chi connectivity index (χ1v) is 10.2. The van der Waals surface area contributed by atoms with Crippen molar-refractivity contribution in [2.45, 2.75) is 46.5 Å². The molecule has 0 saturated heterocycles. The second-order valence-corrected chi connectivity index (χ2v) is 8.65. The summed E-state index contributed by atoms with van der Waals surface area (Å²) in [6.45, 7) is 10.9. The summed E-state index contributed by atoms with van der Waals surface area (Å²) in [7, 11) is 0. The van der Waals surface area contributed by atoms with Gasteiger partial charge in [-0.15, -0.1) is 6.92 Å². The van der Waals surface area contributed by atoms with E-state index in [0.29, 0.717) is 11.8 Å². The molecule has 0 spiro atoms. The summed E-state index contributed by atoms with van der Waals surface area (Å²) in [5.74, 6) is 1.00. The van der Waals surface area contributed by atoms with Crippen LogP contribution in [0, 0.1) is 11.5 Å². The summed E-state index contributed by atoms with van der Waals surface area (Å²) in [6, 6.07) is 17.4. The smallest absolute Gasteiger partial charge is 1.00 e. The number of hydrogen-bond acceptors (Lipinski definition) is 0. The fraction of sp³-hybridized carbons (Fsp3) is 0.286. The molecular weight excluding hydrogens is 498 g/mol. The Morgan fingerprint density at radius 3 is 1.45 bits per heavy atom. The van der Waals surface area contributed by atoms with E-state index in [2.05, 4.69) is 114 Å². The van der Waals surface area contributed by atoms with Crippen molar-refractivity contribution in [1.82, 2.24) is 0 Å². The minimum Gasteiger partial charge on any atom is -1.00 e. The summed E-state index contributed by atoms with van der Waals surface area (Å²) >= 11 is 0. The number of benzene rings is 2. The van der Waals surface area contributed by atoms with Crippen LogP contribution in [0.25, 0.3) is 12.2 Å². The quantitative estimate of drug-likeness (QED) is 0.496. The van der Waals surface area contributed by atoms with Crippen molar-refractivity contribution >= 4 is 12.2 Å². The van der Waals surface area contributed by atoms with Crippen molar-refractivity contribution < 1.29 is 51.0 Å². The Morgan fingerprint density at radius 2 is 1.13 bits per heavy atom. The topological polar surface area (TPSA) is 0 Å². The van der Waals surface area contributed by atoms with E-state index in [-0.39, 0.29) is 56.4 Å². The van der Waals surface area contributed by atoms with Gasteiger partial charge in [0.2, 0.25) is 0 Å². The van der Waals surface area contributed by atoms with E-state index in [1.165, 1.54) is 39.0 Å². The monoisotopic (exact) mass is 525 g/mol. The first kappa shape index (κ1) is 27.9. The standard InChI is InChI=1S/C18H14.C10H15.2ClH.Zr/c1-3-7-15-13(5-1)9-11-17(15)18-12-10-14-6-2-4-8-16(14)18;1-7-6-10(4,5)9(3)8(7)2;;;/h1-12,17-18H;1-5H3;2*1H;/q;-1;;;+3/p-2. The van der Waals surface area contributed by atoms with Crippen LogP contribution in [-0.2, 0) is 26.2 Å². The molecule has 0 heterocycles. The number of allylic oxidation sites excluding steroid dienone is 6. The Hall–Kier alpha value is -1.14. The van der Waals surface area contributed by atoms with Gasteiger partial charge in [0.1, 0.15) is 0 Å². The summed E-state index contributed by atoms with van der Waals surface area (Å²) < 4.78 is 0. The van der Waals surface area contributed by atoms with Gasteiger partial charge in [-0.3, -0.25) is 6.08 Å². The Bertz CT molecular complexity index is 981. The Morgan fingerprint density at radius 1 is 0.710 bits per heavy atom. The van der Waals surface area contributed by atoms with Gasteiger partial charge >= 0.3 is 26.2 Å². The molecule has 3 heteroatoms. The Balaban J connectivity index is 0.000000324. The molecule has 0 N–H and O–H groups in total. The van der Waals surface area contributed by atoms with Crippen LogP contribution in [0.3, 0.4) is 0 Å². The van der Waals surface area contributed by atoms with E-state index < -0.39 is 0 Å². The van der Waals surface area contributed by atoms with Crippen molar-refractivity contribution in [3.8, 4) is 0 Å². The first-order chi connectivity index (χ1) is 13.4. The van der Waals surface area contributed by atoms with Gasteiger partial charge in [0.05, 0.1) is 0 Å². The zero-order valence-corrected chi connectivity index (χ0v) is 22.8.